The van der Waals surface area contributed by atoms with Crippen LogP contribution in [-0.2, 0) is 19.1 Å². The molecule has 8 heteroatoms. The first-order valence-corrected chi connectivity index (χ1v) is 14.6. The van der Waals surface area contributed by atoms with E-state index in [1.54, 1.807) is 28.8 Å². The number of aliphatic hydroxyl groups is 1. The van der Waals surface area contributed by atoms with Crippen LogP contribution in [0.4, 0.5) is 0 Å². The first kappa shape index (κ1) is 28.4. The second kappa shape index (κ2) is 12.1. The summed E-state index contributed by atoms with van der Waals surface area (Å²) in [6.07, 6.45) is 7.11. The molecular formula is C30H40N2O5S. The molecule has 1 spiro atoms. The van der Waals surface area contributed by atoms with Gasteiger partial charge in [-0.15, -0.1) is 24.9 Å². The number of fused-ring (bicyclic) bond motifs is 1. The number of rotatable bonds is 13. The van der Waals surface area contributed by atoms with Crippen LogP contribution in [0.1, 0.15) is 57.6 Å². The lowest BCUT2D eigenvalue weighted by molar-refractivity contribution is -0.154. The largest absolute Gasteiger partial charge is 0.465 e. The fourth-order valence-electron chi connectivity index (χ4n) is 6.70. The van der Waals surface area contributed by atoms with Gasteiger partial charge in [0.25, 0.3) is 0 Å². The number of esters is 1. The topological polar surface area (TPSA) is 87.2 Å². The molecule has 0 aliphatic carbocycles. The highest BCUT2D eigenvalue weighted by Gasteiger charge is 2.75. The van der Waals surface area contributed by atoms with Crippen molar-refractivity contribution < 1.29 is 24.2 Å². The lowest BCUT2D eigenvalue weighted by atomic mass is 9.71. The maximum Gasteiger partial charge on any atom is 0.310 e. The van der Waals surface area contributed by atoms with Crippen molar-refractivity contribution >= 4 is 29.5 Å². The lowest BCUT2D eigenvalue weighted by Gasteiger charge is -2.41. The maximum atomic E-state index is 14.5. The summed E-state index contributed by atoms with van der Waals surface area (Å²) in [6, 6.07) is 7.82. The van der Waals surface area contributed by atoms with Gasteiger partial charge in [0.2, 0.25) is 11.8 Å². The molecule has 1 aromatic carbocycles. The van der Waals surface area contributed by atoms with Crippen LogP contribution in [0.5, 0.6) is 0 Å². The van der Waals surface area contributed by atoms with Crippen LogP contribution in [-0.4, -0.2) is 74.5 Å². The van der Waals surface area contributed by atoms with E-state index in [1.165, 1.54) is 0 Å². The summed E-state index contributed by atoms with van der Waals surface area (Å²) < 4.78 is 4.84. The second-order valence-electron chi connectivity index (χ2n) is 10.6. The summed E-state index contributed by atoms with van der Waals surface area (Å²) >= 11 is 1.61. The number of ether oxygens (including phenoxy) is 1. The Balaban J connectivity index is 1.79. The first-order chi connectivity index (χ1) is 18.4. The van der Waals surface area contributed by atoms with Gasteiger partial charge in [-0.25, -0.2) is 0 Å². The summed E-state index contributed by atoms with van der Waals surface area (Å²) in [5.74, 6) is -2.03. The van der Waals surface area contributed by atoms with Crippen molar-refractivity contribution in [2.45, 2.75) is 74.1 Å². The molecule has 4 rings (SSSR count). The van der Waals surface area contributed by atoms with E-state index >= 15 is 0 Å². The molecule has 3 aliphatic rings. The normalized spacial score (nSPS) is 29.0. The predicted octanol–water partition coefficient (Wildman–Crippen LogP) is 4.13. The number of hydrogen-bond acceptors (Lipinski definition) is 6. The average Bonchev–Trinajstić information content (AvgIpc) is 3.56. The number of thioether (sulfide) groups is 1. The van der Waals surface area contributed by atoms with Crippen molar-refractivity contribution in [3.8, 4) is 0 Å². The zero-order valence-electron chi connectivity index (χ0n) is 22.5. The van der Waals surface area contributed by atoms with Crippen LogP contribution in [0.15, 0.2) is 55.6 Å². The first-order valence-electron chi connectivity index (χ1n) is 13.7. The third-order valence-corrected chi connectivity index (χ3v) is 10.3. The Morgan fingerprint density at radius 2 is 2.03 bits per heavy atom. The molecule has 0 radical (unpaired) electrons. The average molecular weight is 541 g/mol. The summed E-state index contributed by atoms with van der Waals surface area (Å²) in [7, 11) is 0. The minimum absolute atomic E-state index is 0.0366. The van der Waals surface area contributed by atoms with Crippen LogP contribution >= 0.6 is 11.8 Å². The van der Waals surface area contributed by atoms with Crippen molar-refractivity contribution in [2.75, 3.05) is 19.8 Å². The van der Waals surface area contributed by atoms with E-state index in [0.29, 0.717) is 19.4 Å². The molecule has 1 aromatic rings. The Morgan fingerprint density at radius 1 is 1.29 bits per heavy atom. The van der Waals surface area contributed by atoms with Crippen molar-refractivity contribution in [3.63, 3.8) is 0 Å². The molecule has 7 nitrogen and oxygen atoms in total. The molecule has 0 aromatic heterocycles. The molecule has 0 saturated carbocycles. The van der Waals surface area contributed by atoms with Crippen molar-refractivity contribution in [3.05, 3.63) is 61.2 Å². The third kappa shape index (κ3) is 4.81. The van der Waals surface area contributed by atoms with E-state index in [-0.39, 0.29) is 42.3 Å². The van der Waals surface area contributed by atoms with Gasteiger partial charge in [-0.1, -0.05) is 55.8 Å². The number of aliphatic hydroxyl groups excluding tert-OH is 1. The van der Waals surface area contributed by atoms with Crippen LogP contribution in [0.2, 0.25) is 0 Å². The smallest absolute Gasteiger partial charge is 0.310 e. The number of carbonyl (C=O) groups is 3. The fraction of sp³-hybridized carbons (Fsp3) is 0.567. The van der Waals surface area contributed by atoms with Gasteiger partial charge in [-0.3, -0.25) is 14.4 Å². The molecule has 1 N–H and O–H groups in total. The SMILES string of the molecule is C=CCCOC(=O)[C@@H]1[C@@H]2CCC3(S2)C(C(=O)N(CC=C)C(C)CCC)N([C@H](CO)c2ccccc2)C(=O)[C@H]13. The Bertz CT molecular complexity index is 1050. The summed E-state index contributed by atoms with van der Waals surface area (Å²) in [5, 5.41) is 10.5. The van der Waals surface area contributed by atoms with E-state index in [2.05, 4.69) is 20.1 Å². The molecule has 206 valence electrons. The number of hydrogen-bond donors (Lipinski definition) is 1. The van der Waals surface area contributed by atoms with Gasteiger partial charge in [-0.05, 0) is 38.2 Å². The van der Waals surface area contributed by atoms with Crippen molar-refractivity contribution in [2.24, 2.45) is 11.8 Å². The quantitative estimate of drug-likeness (QED) is 0.230. The molecule has 3 saturated heterocycles. The number of nitrogens with zero attached hydrogens (tertiary/aromatic N) is 2. The Morgan fingerprint density at radius 3 is 2.66 bits per heavy atom. The van der Waals surface area contributed by atoms with Gasteiger partial charge in [0.1, 0.15) is 6.04 Å². The molecule has 3 aliphatic heterocycles. The number of benzene rings is 1. The number of amides is 2. The van der Waals surface area contributed by atoms with E-state index in [9.17, 15) is 19.5 Å². The standard InChI is InChI=1S/C30H40N2O5S/c1-5-8-18-37-29(36)24-23-15-16-30(38-23)25(24)27(34)32(22(19-33)21-13-10-9-11-14-21)26(30)28(35)31(17-7-3)20(4)12-6-2/h5,7,9-11,13-14,20,22-26,33H,1,3,6,8,12,15-19H2,2,4H3/t20?,22-,23+,24-,25+,26?,30?/m1/s1. The number of likely N-dealkylation sites (tertiary alicyclic amines) is 1. The van der Waals surface area contributed by atoms with E-state index in [4.69, 9.17) is 4.74 Å². The van der Waals surface area contributed by atoms with E-state index < -0.39 is 28.7 Å². The monoisotopic (exact) mass is 540 g/mol. The third-order valence-electron chi connectivity index (χ3n) is 8.35. The highest BCUT2D eigenvalue weighted by atomic mass is 32.2. The minimum atomic E-state index is -0.794. The van der Waals surface area contributed by atoms with Gasteiger partial charge >= 0.3 is 5.97 Å². The summed E-state index contributed by atoms with van der Waals surface area (Å²) in [5.41, 5.74) is 0.763. The molecule has 3 fully saturated rings. The van der Waals surface area contributed by atoms with Crippen molar-refractivity contribution in [1.29, 1.82) is 0 Å². The fourth-order valence-corrected chi connectivity index (χ4v) is 8.89. The van der Waals surface area contributed by atoms with Crippen LogP contribution < -0.4 is 0 Å². The van der Waals surface area contributed by atoms with Crippen LogP contribution in [0.25, 0.3) is 0 Å². The Hall–Kier alpha value is -2.58. The summed E-state index contributed by atoms with van der Waals surface area (Å²) in [4.78, 5) is 45.6. The molecule has 3 heterocycles. The van der Waals surface area contributed by atoms with Crippen LogP contribution in [0, 0.1) is 11.8 Å². The zero-order valence-corrected chi connectivity index (χ0v) is 23.3. The van der Waals surface area contributed by atoms with Gasteiger partial charge in [0, 0.05) is 17.8 Å². The summed E-state index contributed by atoms with van der Waals surface area (Å²) in [6.45, 7) is 11.9. The van der Waals surface area contributed by atoms with Crippen molar-refractivity contribution in [1.82, 2.24) is 9.80 Å². The second-order valence-corrected chi connectivity index (χ2v) is 12.2. The van der Waals surface area contributed by atoms with E-state index in [0.717, 1.165) is 24.8 Å². The van der Waals surface area contributed by atoms with Gasteiger partial charge in [-0.2, -0.15) is 0 Å². The highest BCUT2D eigenvalue weighted by Crippen LogP contribution is 2.67. The molecule has 38 heavy (non-hydrogen) atoms. The van der Waals surface area contributed by atoms with Gasteiger partial charge in [0.15, 0.2) is 0 Å². The lowest BCUT2D eigenvalue weighted by Crippen LogP contribution is -2.57. The van der Waals surface area contributed by atoms with E-state index in [1.807, 2.05) is 42.2 Å². The van der Waals surface area contributed by atoms with Gasteiger partial charge in [0.05, 0.1) is 35.8 Å². The maximum absolute atomic E-state index is 14.5. The molecule has 2 bridgehead atoms. The Labute approximate surface area is 230 Å². The highest BCUT2D eigenvalue weighted by molar-refractivity contribution is 8.02. The number of carbonyl (C=O) groups excluding carboxylic acids is 3. The molecule has 2 amide bonds. The predicted molar refractivity (Wildman–Crippen MR) is 149 cm³/mol. The van der Waals surface area contributed by atoms with Crippen LogP contribution in [0.3, 0.4) is 0 Å². The molecular weight excluding hydrogens is 500 g/mol. The Kier molecular flexibility index (Phi) is 9.04. The molecule has 3 unspecified atom stereocenters. The minimum Gasteiger partial charge on any atom is -0.465 e. The molecule has 7 atom stereocenters. The zero-order chi connectivity index (χ0) is 27.4. The van der Waals surface area contributed by atoms with Gasteiger partial charge < -0.3 is 19.6 Å².